The first-order chi connectivity index (χ1) is 15.5. The molecule has 6 heteroatoms. The quantitative estimate of drug-likeness (QED) is 0.220. The lowest BCUT2D eigenvalue weighted by atomic mass is 9.65. The van der Waals surface area contributed by atoms with Crippen molar-refractivity contribution >= 4 is 23.0 Å². The summed E-state index contributed by atoms with van der Waals surface area (Å²) in [6.45, 7) is 0. The lowest BCUT2D eigenvalue weighted by Gasteiger charge is -2.37. The van der Waals surface area contributed by atoms with Crippen LogP contribution in [0.25, 0.3) is 0 Å². The standard InChI is InChI=1S/C26H22O4S2/c1-29-24-16-12-22(13-17-24)26(20-8-4-2-5-9-20,21-10-6-3-7-11-21)23-14-18-25(19-15-23)32(27,28)30-31/h2-19,31H,1H3. The molecule has 4 rings (SSSR count). The fourth-order valence-electron chi connectivity index (χ4n) is 4.13. The highest BCUT2D eigenvalue weighted by Gasteiger charge is 2.38. The second-order valence-electron chi connectivity index (χ2n) is 7.26. The highest BCUT2D eigenvalue weighted by Crippen LogP contribution is 2.45. The molecule has 0 aromatic heterocycles. The number of methoxy groups -OCH3 is 1. The molecule has 0 atom stereocenters. The van der Waals surface area contributed by atoms with Gasteiger partial charge in [-0.25, -0.2) is 0 Å². The Morgan fingerprint density at radius 1 is 0.625 bits per heavy atom. The van der Waals surface area contributed by atoms with E-state index in [1.807, 2.05) is 72.8 Å². The van der Waals surface area contributed by atoms with Crippen LogP contribution in [0.4, 0.5) is 0 Å². The summed E-state index contributed by atoms with van der Waals surface area (Å²) in [7, 11) is -2.28. The molecular formula is C26H22O4S2. The molecule has 4 aromatic rings. The predicted molar refractivity (Wildman–Crippen MR) is 129 cm³/mol. The summed E-state index contributed by atoms with van der Waals surface area (Å²) >= 11 is 3.49. The van der Waals surface area contributed by atoms with Crippen LogP contribution in [0.15, 0.2) is 114 Å². The fourth-order valence-corrected chi connectivity index (χ4v) is 4.95. The summed E-state index contributed by atoms with van der Waals surface area (Å²) in [6, 6.07) is 35.0. The van der Waals surface area contributed by atoms with Crippen molar-refractivity contribution in [3.63, 3.8) is 0 Å². The first-order valence-electron chi connectivity index (χ1n) is 9.96. The maximum Gasteiger partial charge on any atom is 0.307 e. The number of rotatable bonds is 7. The molecule has 0 heterocycles. The second kappa shape index (κ2) is 9.20. The monoisotopic (exact) mass is 462 g/mol. The van der Waals surface area contributed by atoms with E-state index in [9.17, 15) is 8.42 Å². The van der Waals surface area contributed by atoms with Crippen LogP contribution in [0.5, 0.6) is 5.75 Å². The number of thiol groups is 1. The van der Waals surface area contributed by atoms with Crippen molar-refractivity contribution in [2.75, 3.05) is 7.11 Å². The van der Waals surface area contributed by atoms with Gasteiger partial charge in [-0.1, -0.05) is 84.9 Å². The zero-order chi connectivity index (χ0) is 22.6. The Balaban J connectivity index is 2.05. The van der Waals surface area contributed by atoms with Crippen LogP contribution >= 0.6 is 12.9 Å². The maximum absolute atomic E-state index is 12.1. The van der Waals surface area contributed by atoms with Crippen molar-refractivity contribution in [2.45, 2.75) is 10.3 Å². The van der Waals surface area contributed by atoms with Crippen molar-refractivity contribution < 1.29 is 16.8 Å². The molecule has 0 saturated heterocycles. The normalized spacial score (nSPS) is 11.8. The molecule has 0 amide bonds. The zero-order valence-corrected chi connectivity index (χ0v) is 19.1. The Labute approximate surface area is 194 Å². The first kappa shape index (κ1) is 22.1. The van der Waals surface area contributed by atoms with E-state index in [1.165, 1.54) is 0 Å². The van der Waals surface area contributed by atoms with E-state index < -0.39 is 15.5 Å². The molecule has 162 valence electrons. The van der Waals surface area contributed by atoms with Crippen LogP contribution < -0.4 is 4.74 Å². The molecule has 0 aliphatic rings. The molecule has 0 aliphatic heterocycles. The van der Waals surface area contributed by atoms with Gasteiger partial charge in [0.1, 0.15) is 5.75 Å². The number of benzene rings is 4. The third-order valence-electron chi connectivity index (χ3n) is 5.61. The fraction of sp³-hybridized carbons (Fsp3) is 0.0769. The maximum atomic E-state index is 12.1. The van der Waals surface area contributed by atoms with Crippen LogP contribution in [0.3, 0.4) is 0 Å². The van der Waals surface area contributed by atoms with Crippen LogP contribution in [-0.4, -0.2) is 15.5 Å². The van der Waals surface area contributed by atoms with Gasteiger partial charge in [-0.3, -0.25) is 0 Å². The van der Waals surface area contributed by atoms with Gasteiger partial charge in [-0.05, 0) is 59.4 Å². The molecule has 0 spiro atoms. The van der Waals surface area contributed by atoms with Gasteiger partial charge in [0.2, 0.25) is 0 Å². The highest BCUT2D eigenvalue weighted by atomic mass is 32.3. The SMILES string of the molecule is COc1ccc(C(c2ccccc2)(c2ccccc2)c2ccc(S(=O)(=O)OS)cc2)cc1. The minimum absolute atomic E-state index is 0.0426. The van der Waals surface area contributed by atoms with E-state index in [-0.39, 0.29) is 4.90 Å². The average molecular weight is 463 g/mol. The van der Waals surface area contributed by atoms with E-state index in [2.05, 4.69) is 40.8 Å². The molecule has 0 unspecified atom stereocenters. The Morgan fingerprint density at radius 2 is 1.03 bits per heavy atom. The van der Waals surface area contributed by atoms with Gasteiger partial charge < -0.3 is 4.74 Å². The van der Waals surface area contributed by atoms with Gasteiger partial charge in [0, 0.05) is 0 Å². The first-order valence-corrected chi connectivity index (χ1v) is 11.7. The van der Waals surface area contributed by atoms with E-state index in [1.54, 1.807) is 19.2 Å². The van der Waals surface area contributed by atoms with Crippen LogP contribution in [0.2, 0.25) is 0 Å². The van der Waals surface area contributed by atoms with Gasteiger partial charge in [-0.15, -0.1) is 0 Å². The van der Waals surface area contributed by atoms with Gasteiger partial charge in [-0.2, -0.15) is 12.0 Å². The molecule has 32 heavy (non-hydrogen) atoms. The Kier molecular flexibility index (Phi) is 6.37. The van der Waals surface area contributed by atoms with E-state index in [4.69, 9.17) is 4.74 Å². The van der Waals surface area contributed by atoms with Gasteiger partial charge in [0.25, 0.3) is 0 Å². The Bertz CT molecular complexity index is 1230. The number of hydrogen-bond acceptors (Lipinski definition) is 5. The van der Waals surface area contributed by atoms with E-state index in [0.29, 0.717) is 0 Å². The van der Waals surface area contributed by atoms with Crippen LogP contribution in [0.1, 0.15) is 22.3 Å². The van der Waals surface area contributed by atoms with Crippen LogP contribution in [-0.2, 0) is 19.2 Å². The molecule has 4 aromatic carbocycles. The van der Waals surface area contributed by atoms with Gasteiger partial charge in [0.05, 0.1) is 17.4 Å². The van der Waals surface area contributed by atoms with Gasteiger partial charge >= 0.3 is 10.1 Å². The third kappa shape index (κ3) is 3.93. The number of hydrogen-bond donors (Lipinski definition) is 1. The Hall–Kier alpha value is -3.06. The molecule has 0 radical (unpaired) electrons. The van der Waals surface area contributed by atoms with E-state index in [0.717, 1.165) is 28.0 Å². The molecular weight excluding hydrogens is 440 g/mol. The summed E-state index contributed by atoms with van der Waals surface area (Å²) in [4.78, 5) is 0.0426. The average Bonchev–Trinajstić information content (AvgIpc) is 2.86. The van der Waals surface area contributed by atoms with Crippen molar-refractivity contribution in [3.05, 3.63) is 131 Å². The minimum Gasteiger partial charge on any atom is -0.497 e. The topological polar surface area (TPSA) is 52.6 Å². The summed E-state index contributed by atoms with van der Waals surface area (Å²) in [5, 5.41) is 0. The van der Waals surface area contributed by atoms with E-state index >= 15 is 0 Å². The zero-order valence-electron chi connectivity index (χ0n) is 17.4. The van der Waals surface area contributed by atoms with Crippen molar-refractivity contribution in [1.82, 2.24) is 0 Å². The summed E-state index contributed by atoms with van der Waals surface area (Å²) < 4.78 is 34.0. The van der Waals surface area contributed by atoms with Crippen molar-refractivity contribution in [2.24, 2.45) is 0 Å². The Morgan fingerprint density at radius 3 is 1.44 bits per heavy atom. The highest BCUT2D eigenvalue weighted by molar-refractivity contribution is 7.95. The van der Waals surface area contributed by atoms with Crippen molar-refractivity contribution in [1.29, 1.82) is 0 Å². The largest absolute Gasteiger partial charge is 0.497 e. The number of ether oxygens (including phenoxy) is 1. The summed E-state index contributed by atoms with van der Waals surface area (Å²) in [5.74, 6) is 0.760. The third-order valence-corrected chi connectivity index (χ3v) is 7.25. The summed E-state index contributed by atoms with van der Waals surface area (Å²) in [5.41, 5.74) is 3.36. The van der Waals surface area contributed by atoms with Gasteiger partial charge in [0.15, 0.2) is 0 Å². The summed E-state index contributed by atoms with van der Waals surface area (Å²) in [6.07, 6.45) is 0. The molecule has 0 saturated carbocycles. The lowest BCUT2D eigenvalue weighted by molar-refractivity contribution is 0.414. The van der Waals surface area contributed by atoms with Crippen molar-refractivity contribution in [3.8, 4) is 5.75 Å². The predicted octanol–water partition coefficient (Wildman–Crippen LogP) is 5.63. The molecule has 0 bridgehead atoms. The molecule has 0 N–H and O–H groups in total. The minimum atomic E-state index is -3.92. The second-order valence-corrected chi connectivity index (χ2v) is 9.24. The lowest BCUT2D eigenvalue weighted by Crippen LogP contribution is -2.31. The van der Waals surface area contributed by atoms with Crippen LogP contribution in [0, 0.1) is 0 Å². The molecule has 0 aliphatic carbocycles. The smallest absolute Gasteiger partial charge is 0.307 e. The molecule has 4 nitrogen and oxygen atoms in total. The molecule has 0 fully saturated rings.